The zero-order valence-corrected chi connectivity index (χ0v) is 12.4. The van der Waals surface area contributed by atoms with Crippen LogP contribution in [0.15, 0.2) is 48.5 Å². The highest BCUT2D eigenvalue weighted by molar-refractivity contribution is 7.79. The predicted molar refractivity (Wildman–Crippen MR) is 83.7 cm³/mol. The maximum atomic E-state index is 13.6. The highest BCUT2D eigenvalue weighted by Gasteiger charge is 2.21. The van der Waals surface area contributed by atoms with Gasteiger partial charge < -0.3 is 5.32 Å². The number of rotatable bonds is 3. The number of hydrogen-bond acceptors (Lipinski definition) is 5. The first-order valence-electron chi connectivity index (χ1n) is 6.23. The molecule has 0 aromatic heterocycles. The van der Waals surface area contributed by atoms with Crippen molar-refractivity contribution in [1.29, 1.82) is 0 Å². The van der Waals surface area contributed by atoms with Crippen LogP contribution < -0.4 is 5.32 Å². The van der Waals surface area contributed by atoms with Crippen LogP contribution in [0.2, 0.25) is 0 Å². The van der Waals surface area contributed by atoms with Crippen molar-refractivity contribution < 1.29 is 18.9 Å². The number of halogens is 1. The number of carbonyl (C=O) groups excluding carboxylic acids is 2. The number of benzene rings is 2. The Balaban J connectivity index is 2.17. The number of non-ortho nitro benzene ring substituents is 1. The number of nitro groups is 1. The van der Waals surface area contributed by atoms with Crippen LogP contribution >= 0.6 is 12.8 Å². The van der Waals surface area contributed by atoms with E-state index in [0.717, 1.165) is 18.2 Å². The Morgan fingerprint density at radius 1 is 1.17 bits per heavy atom. The predicted octanol–water partition coefficient (Wildman–Crippen LogP) is 3.25. The lowest BCUT2D eigenvalue weighted by molar-refractivity contribution is -0.384. The number of anilines is 1. The van der Waals surface area contributed by atoms with Gasteiger partial charge in [0.05, 0.1) is 10.6 Å². The Morgan fingerprint density at radius 2 is 1.83 bits per heavy atom. The molecule has 0 spiro atoms. The molecule has 118 valence electrons. The lowest BCUT2D eigenvalue weighted by Gasteiger charge is -2.15. The Morgan fingerprint density at radius 3 is 2.43 bits per heavy atom. The fourth-order valence-electron chi connectivity index (χ4n) is 1.69. The standard InChI is InChI=1S/C14H10FN3O4S/c15-11-7-6-10(18(21)22)8-12(11)16-14(20)17(23)13(19)9-4-2-1-3-5-9/h1-8,23H,(H,16,20). The Bertz CT molecular complexity index is 770. The van der Waals surface area contributed by atoms with Crippen LogP contribution in [0.1, 0.15) is 10.4 Å². The number of imide groups is 1. The third kappa shape index (κ3) is 3.83. The molecule has 3 amide bonds. The first-order valence-corrected chi connectivity index (χ1v) is 6.63. The van der Waals surface area contributed by atoms with Crippen LogP contribution in [-0.2, 0) is 0 Å². The van der Waals surface area contributed by atoms with Crippen LogP contribution in [0.3, 0.4) is 0 Å². The lowest BCUT2D eigenvalue weighted by Crippen LogP contribution is -2.32. The minimum absolute atomic E-state index is 0.206. The molecule has 0 aliphatic carbocycles. The zero-order chi connectivity index (χ0) is 17.0. The second-order valence-electron chi connectivity index (χ2n) is 4.33. The summed E-state index contributed by atoms with van der Waals surface area (Å²) in [5.74, 6) is -1.60. The molecule has 9 heteroatoms. The van der Waals surface area contributed by atoms with E-state index in [0.29, 0.717) is 4.31 Å². The van der Waals surface area contributed by atoms with Gasteiger partial charge in [-0.3, -0.25) is 14.9 Å². The number of nitrogens with zero attached hydrogens (tertiary/aromatic N) is 2. The van der Waals surface area contributed by atoms with Crippen molar-refractivity contribution >= 4 is 36.1 Å². The van der Waals surface area contributed by atoms with Crippen LogP contribution in [0.25, 0.3) is 0 Å². The summed E-state index contributed by atoms with van der Waals surface area (Å²) in [4.78, 5) is 33.9. The van der Waals surface area contributed by atoms with Crippen LogP contribution in [0.4, 0.5) is 20.6 Å². The maximum Gasteiger partial charge on any atom is 0.339 e. The van der Waals surface area contributed by atoms with Crippen LogP contribution in [-0.4, -0.2) is 21.2 Å². The monoisotopic (exact) mass is 335 g/mol. The average molecular weight is 335 g/mol. The third-order valence-electron chi connectivity index (χ3n) is 2.81. The van der Waals surface area contributed by atoms with Crippen molar-refractivity contribution in [1.82, 2.24) is 4.31 Å². The van der Waals surface area contributed by atoms with Crippen molar-refractivity contribution in [2.75, 3.05) is 5.32 Å². The molecule has 0 aliphatic rings. The summed E-state index contributed by atoms with van der Waals surface area (Å²) >= 11 is 3.78. The third-order valence-corrected chi connectivity index (χ3v) is 3.17. The van der Waals surface area contributed by atoms with E-state index in [1.807, 2.05) is 0 Å². The van der Waals surface area contributed by atoms with E-state index >= 15 is 0 Å². The summed E-state index contributed by atoms with van der Waals surface area (Å²) in [7, 11) is 0. The van der Waals surface area contributed by atoms with Gasteiger partial charge in [0.2, 0.25) is 0 Å². The van der Waals surface area contributed by atoms with E-state index in [-0.39, 0.29) is 5.56 Å². The van der Waals surface area contributed by atoms with Gasteiger partial charge in [-0.2, -0.15) is 0 Å². The molecule has 0 radical (unpaired) electrons. The topological polar surface area (TPSA) is 92.5 Å². The first-order chi connectivity index (χ1) is 10.9. The SMILES string of the molecule is O=C(Nc1cc([N+](=O)[O-])ccc1F)N(S)C(=O)c1ccccc1. The van der Waals surface area contributed by atoms with Gasteiger partial charge in [-0.1, -0.05) is 31.0 Å². The van der Waals surface area contributed by atoms with Crippen molar-refractivity contribution in [3.63, 3.8) is 0 Å². The first kappa shape index (κ1) is 16.4. The summed E-state index contributed by atoms with van der Waals surface area (Å²) in [5.41, 5.74) is -0.622. The Hall–Kier alpha value is -2.94. The van der Waals surface area contributed by atoms with Gasteiger partial charge >= 0.3 is 6.03 Å². The molecule has 0 saturated heterocycles. The van der Waals surface area contributed by atoms with E-state index in [2.05, 4.69) is 18.1 Å². The fourth-order valence-corrected chi connectivity index (χ4v) is 1.85. The molecule has 7 nitrogen and oxygen atoms in total. The van der Waals surface area contributed by atoms with Gasteiger partial charge in [0, 0.05) is 17.7 Å². The zero-order valence-electron chi connectivity index (χ0n) is 11.5. The number of nitrogens with one attached hydrogen (secondary N) is 1. The molecule has 0 fully saturated rings. The van der Waals surface area contributed by atoms with Gasteiger partial charge in [-0.15, -0.1) is 0 Å². The smallest absolute Gasteiger partial charge is 0.304 e. The molecule has 23 heavy (non-hydrogen) atoms. The van der Waals surface area contributed by atoms with Gasteiger partial charge in [0.15, 0.2) is 0 Å². The van der Waals surface area contributed by atoms with Crippen molar-refractivity contribution in [3.05, 3.63) is 70.0 Å². The molecule has 0 saturated carbocycles. The molecular weight excluding hydrogens is 325 g/mol. The number of amides is 3. The average Bonchev–Trinajstić information content (AvgIpc) is 2.56. The van der Waals surface area contributed by atoms with Gasteiger partial charge in [0.25, 0.3) is 11.6 Å². The van der Waals surface area contributed by atoms with E-state index in [1.54, 1.807) is 18.2 Å². The van der Waals surface area contributed by atoms with E-state index in [1.165, 1.54) is 12.1 Å². The van der Waals surface area contributed by atoms with Crippen molar-refractivity contribution in [2.45, 2.75) is 0 Å². The van der Waals surface area contributed by atoms with Crippen LogP contribution in [0.5, 0.6) is 0 Å². The number of thiol groups is 1. The highest BCUT2D eigenvalue weighted by Crippen LogP contribution is 2.22. The maximum absolute atomic E-state index is 13.6. The normalized spacial score (nSPS) is 10.0. The minimum atomic E-state index is -1.04. The summed E-state index contributed by atoms with van der Waals surface area (Å²) in [6.07, 6.45) is 0. The van der Waals surface area contributed by atoms with Crippen molar-refractivity contribution in [3.8, 4) is 0 Å². The second kappa shape index (κ2) is 6.88. The Kier molecular flexibility index (Phi) is 4.91. The molecule has 2 aromatic rings. The second-order valence-corrected chi connectivity index (χ2v) is 4.73. The van der Waals surface area contributed by atoms with Gasteiger partial charge in [-0.05, 0) is 18.2 Å². The van der Waals surface area contributed by atoms with Crippen LogP contribution in [0, 0.1) is 15.9 Å². The lowest BCUT2D eigenvalue weighted by atomic mass is 10.2. The van der Waals surface area contributed by atoms with E-state index in [9.17, 15) is 24.1 Å². The minimum Gasteiger partial charge on any atom is -0.304 e. The molecule has 1 N–H and O–H groups in total. The number of nitro benzene ring substituents is 1. The summed E-state index contributed by atoms with van der Waals surface area (Å²) < 4.78 is 14.1. The molecule has 0 heterocycles. The number of hydrogen-bond donors (Lipinski definition) is 2. The van der Waals surface area contributed by atoms with E-state index < -0.39 is 34.1 Å². The molecule has 2 rings (SSSR count). The summed E-state index contributed by atoms with van der Waals surface area (Å²) in [5, 5.41) is 12.7. The van der Waals surface area contributed by atoms with Crippen molar-refractivity contribution in [2.24, 2.45) is 0 Å². The quantitative estimate of drug-likeness (QED) is 0.511. The molecule has 0 aliphatic heterocycles. The summed E-state index contributed by atoms with van der Waals surface area (Å²) in [6.45, 7) is 0. The van der Waals surface area contributed by atoms with Gasteiger partial charge in [0.1, 0.15) is 5.82 Å². The Labute approximate surface area is 135 Å². The molecule has 0 unspecified atom stereocenters. The molecular formula is C14H10FN3O4S. The van der Waals surface area contributed by atoms with Gasteiger partial charge in [-0.25, -0.2) is 13.5 Å². The fraction of sp³-hybridized carbons (Fsp3) is 0. The molecule has 0 bridgehead atoms. The summed E-state index contributed by atoms with van der Waals surface area (Å²) in [6, 6.07) is 9.47. The highest BCUT2D eigenvalue weighted by atomic mass is 32.1. The molecule has 2 aromatic carbocycles. The number of urea groups is 1. The molecule has 0 atom stereocenters. The number of carbonyl (C=O) groups is 2. The largest absolute Gasteiger partial charge is 0.339 e. The van der Waals surface area contributed by atoms with E-state index in [4.69, 9.17) is 0 Å².